The van der Waals surface area contributed by atoms with Crippen LogP contribution in [-0.4, -0.2) is 26.1 Å². The van der Waals surface area contributed by atoms with Crippen molar-refractivity contribution < 1.29 is 12.8 Å². The predicted molar refractivity (Wildman–Crippen MR) is 28.2 cm³/mol. The van der Waals surface area contributed by atoms with Crippen molar-refractivity contribution in [3.8, 4) is 0 Å². The number of sulfone groups is 1. The molecule has 0 saturated carbocycles. The Morgan fingerprint density at radius 1 is 1.50 bits per heavy atom. The summed E-state index contributed by atoms with van der Waals surface area (Å²) in [5.74, 6) is -0.221. The molecule has 0 bridgehead atoms. The van der Waals surface area contributed by atoms with Crippen LogP contribution in [0.1, 0.15) is 6.42 Å². The Morgan fingerprint density at radius 3 is 2.25 bits per heavy atom. The third-order valence-corrected chi connectivity index (χ3v) is 2.90. The van der Waals surface area contributed by atoms with E-state index in [0.717, 1.165) is 0 Å². The third kappa shape index (κ3) is 1.18. The molecule has 0 spiro atoms. The molecule has 1 saturated heterocycles. The summed E-state index contributed by atoms with van der Waals surface area (Å²) in [6.45, 7) is 0. The first kappa shape index (κ1) is 6.01. The van der Waals surface area contributed by atoms with Crippen LogP contribution in [0.5, 0.6) is 0 Å². The average Bonchev–Trinajstić information content (AvgIpc) is 1.82. The van der Waals surface area contributed by atoms with Gasteiger partial charge in [0.25, 0.3) is 0 Å². The van der Waals surface area contributed by atoms with E-state index in [1.54, 1.807) is 0 Å². The van der Waals surface area contributed by atoms with Crippen LogP contribution in [0, 0.1) is 0 Å². The van der Waals surface area contributed by atoms with Crippen LogP contribution in [0.2, 0.25) is 0 Å². The second-order valence-corrected chi connectivity index (χ2v) is 4.23. The maximum absolute atomic E-state index is 12.0. The second kappa shape index (κ2) is 1.69. The van der Waals surface area contributed by atoms with E-state index in [4.69, 9.17) is 0 Å². The lowest BCUT2D eigenvalue weighted by molar-refractivity contribution is 0.369. The van der Waals surface area contributed by atoms with Gasteiger partial charge in [0.1, 0.15) is 6.17 Å². The molecule has 1 atom stereocenters. The van der Waals surface area contributed by atoms with Crippen LogP contribution in [0.4, 0.5) is 4.39 Å². The van der Waals surface area contributed by atoms with E-state index in [-0.39, 0.29) is 17.9 Å². The molecule has 0 N–H and O–H groups in total. The number of halogens is 1. The minimum atomic E-state index is -2.97. The van der Waals surface area contributed by atoms with E-state index < -0.39 is 16.0 Å². The number of hydrogen-bond donors (Lipinski definition) is 0. The lowest BCUT2D eigenvalue weighted by atomic mass is 10.4. The van der Waals surface area contributed by atoms with Gasteiger partial charge in [-0.2, -0.15) is 0 Å². The molecule has 1 unspecified atom stereocenters. The van der Waals surface area contributed by atoms with Gasteiger partial charge >= 0.3 is 0 Å². The van der Waals surface area contributed by atoms with Gasteiger partial charge in [-0.25, -0.2) is 12.8 Å². The van der Waals surface area contributed by atoms with E-state index in [0.29, 0.717) is 0 Å². The summed E-state index contributed by atoms with van der Waals surface area (Å²) in [6, 6.07) is 0. The van der Waals surface area contributed by atoms with Gasteiger partial charge in [-0.15, -0.1) is 0 Å². The summed E-state index contributed by atoms with van der Waals surface area (Å²) < 4.78 is 32.8. The van der Waals surface area contributed by atoms with Crippen molar-refractivity contribution in [1.29, 1.82) is 0 Å². The number of rotatable bonds is 0. The van der Waals surface area contributed by atoms with Gasteiger partial charge in [0.2, 0.25) is 0 Å². The van der Waals surface area contributed by atoms with Gasteiger partial charge in [-0.3, -0.25) is 0 Å². The maximum Gasteiger partial charge on any atom is 0.153 e. The van der Waals surface area contributed by atoms with Crippen molar-refractivity contribution in [2.75, 3.05) is 11.5 Å². The van der Waals surface area contributed by atoms with Gasteiger partial charge in [-0.05, 0) is 6.42 Å². The van der Waals surface area contributed by atoms with Crippen LogP contribution in [0.3, 0.4) is 0 Å². The lowest BCUT2D eigenvalue weighted by Crippen LogP contribution is -2.03. The molecule has 1 fully saturated rings. The maximum atomic E-state index is 12.0. The zero-order valence-corrected chi connectivity index (χ0v) is 5.12. The van der Waals surface area contributed by atoms with Crippen LogP contribution in [0.25, 0.3) is 0 Å². The fourth-order valence-corrected chi connectivity index (χ4v) is 2.25. The summed E-state index contributed by atoms with van der Waals surface area (Å²) in [6.07, 6.45) is -0.900. The monoisotopic (exact) mass is 138 g/mol. The molecule has 0 aromatic rings. The summed E-state index contributed by atoms with van der Waals surface area (Å²) in [5.41, 5.74) is 0. The molecule has 8 heavy (non-hydrogen) atoms. The van der Waals surface area contributed by atoms with Crippen molar-refractivity contribution >= 4 is 9.84 Å². The standard InChI is InChI=1S/C4H7FO2S/c5-4-1-2-8(6,7)3-4/h4H,1-3H2. The van der Waals surface area contributed by atoms with Crippen molar-refractivity contribution in [3.63, 3.8) is 0 Å². The Balaban J connectivity index is 2.71. The summed E-state index contributed by atoms with van der Waals surface area (Å²) >= 11 is 0. The molecule has 1 heterocycles. The Labute approximate surface area is 47.6 Å². The minimum Gasteiger partial charge on any atom is -0.246 e. The van der Waals surface area contributed by atoms with E-state index in [9.17, 15) is 12.8 Å². The van der Waals surface area contributed by atoms with Crippen molar-refractivity contribution in [2.24, 2.45) is 0 Å². The van der Waals surface area contributed by atoms with Crippen LogP contribution in [0.15, 0.2) is 0 Å². The molecule has 1 rings (SSSR count). The summed E-state index contributed by atoms with van der Waals surface area (Å²) in [5, 5.41) is 0. The van der Waals surface area contributed by atoms with E-state index in [1.165, 1.54) is 0 Å². The van der Waals surface area contributed by atoms with Crippen LogP contribution < -0.4 is 0 Å². The normalized spacial score (nSPS) is 35.4. The molecule has 2 nitrogen and oxygen atoms in total. The van der Waals surface area contributed by atoms with Gasteiger partial charge in [0.05, 0.1) is 11.5 Å². The predicted octanol–water partition coefficient (Wildman–Crippen LogP) is 0.143. The average molecular weight is 138 g/mol. The molecule has 4 heteroatoms. The summed E-state index contributed by atoms with van der Waals surface area (Å²) in [4.78, 5) is 0. The van der Waals surface area contributed by atoms with E-state index >= 15 is 0 Å². The molecule has 0 aromatic heterocycles. The molecule has 0 radical (unpaired) electrons. The molecular weight excluding hydrogens is 131 g/mol. The first-order valence-corrected chi connectivity index (χ1v) is 4.27. The fraction of sp³-hybridized carbons (Fsp3) is 1.00. The molecule has 1 aliphatic rings. The number of alkyl halides is 1. The first-order chi connectivity index (χ1) is 3.60. The smallest absolute Gasteiger partial charge is 0.153 e. The van der Waals surface area contributed by atoms with E-state index in [2.05, 4.69) is 0 Å². The highest BCUT2D eigenvalue weighted by atomic mass is 32.2. The Bertz CT molecular complexity index is 172. The molecule has 0 aromatic carbocycles. The SMILES string of the molecule is O=S1(=O)CCC(F)C1. The molecular formula is C4H7FO2S. The van der Waals surface area contributed by atoms with Crippen molar-refractivity contribution in [2.45, 2.75) is 12.6 Å². The highest BCUT2D eigenvalue weighted by molar-refractivity contribution is 7.91. The zero-order valence-electron chi connectivity index (χ0n) is 4.30. The Morgan fingerprint density at radius 2 is 2.12 bits per heavy atom. The highest BCUT2D eigenvalue weighted by Crippen LogP contribution is 2.13. The molecule has 48 valence electrons. The highest BCUT2D eigenvalue weighted by Gasteiger charge is 2.26. The summed E-state index contributed by atoms with van der Waals surface area (Å²) in [7, 11) is -2.97. The molecule has 0 amide bonds. The Hall–Kier alpha value is -0.120. The van der Waals surface area contributed by atoms with Gasteiger partial charge in [0.15, 0.2) is 9.84 Å². The van der Waals surface area contributed by atoms with Gasteiger partial charge in [-0.1, -0.05) is 0 Å². The minimum absolute atomic E-state index is 0.0359. The molecule has 1 aliphatic heterocycles. The first-order valence-electron chi connectivity index (χ1n) is 2.45. The second-order valence-electron chi connectivity index (χ2n) is 2.00. The fourth-order valence-electron chi connectivity index (χ4n) is 0.750. The largest absolute Gasteiger partial charge is 0.246 e. The lowest BCUT2D eigenvalue weighted by Gasteiger charge is -1.86. The quantitative estimate of drug-likeness (QED) is 0.477. The Kier molecular flexibility index (Phi) is 1.27. The van der Waals surface area contributed by atoms with Gasteiger partial charge in [0, 0.05) is 0 Å². The van der Waals surface area contributed by atoms with Gasteiger partial charge < -0.3 is 0 Å². The van der Waals surface area contributed by atoms with Crippen LogP contribution in [-0.2, 0) is 9.84 Å². The van der Waals surface area contributed by atoms with E-state index in [1.807, 2.05) is 0 Å². The van der Waals surface area contributed by atoms with Crippen molar-refractivity contribution in [1.82, 2.24) is 0 Å². The molecule has 0 aliphatic carbocycles. The number of hydrogen-bond acceptors (Lipinski definition) is 2. The third-order valence-electron chi connectivity index (χ3n) is 1.18. The van der Waals surface area contributed by atoms with Crippen LogP contribution >= 0.6 is 0 Å². The van der Waals surface area contributed by atoms with Crippen molar-refractivity contribution in [3.05, 3.63) is 0 Å². The topological polar surface area (TPSA) is 34.1 Å². The zero-order chi connectivity index (χ0) is 6.20.